The van der Waals surface area contributed by atoms with Crippen molar-refractivity contribution in [3.63, 3.8) is 0 Å². The highest BCUT2D eigenvalue weighted by molar-refractivity contribution is 5.99. The van der Waals surface area contributed by atoms with Crippen molar-refractivity contribution in [1.29, 1.82) is 0 Å². The van der Waals surface area contributed by atoms with E-state index in [-0.39, 0.29) is 29.8 Å². The molecular formula is C25H26N2O6. The van der Waals surface area contributed by atoms with E-state index in [0.717, 1.165) is 5.56 Å². The van der Waals surface area contributed by atoms with Gasteiger partial charge in [-0.1, -0.05) is 24.3 Å². The molecular weight excluding hydrogens is 424 g/mol. The molecule has 33 heavy (non-hydrogen) atoms. The van der Waals surface area contributed by atoms with Gasteiger partial charge in [-0.25, -0.2) is 0 Å². The largest absolute Gasteiger partial charge is 0.484 e. The maximum Gasteiger partial charge on any atom is 0.290 e. The lowest BCUT2D eigenvalue weighted by Crippen LogP contribution is -2.31. The molecule has 0 fully saturated rings. The van der Waals surface area contributed by atoms with Gasteiger partial charge in [0.15, 0.2) is 12.0 Å². The van der Waals surface area contributed by atoms with Gasteiger partial charge in [0.2, 0.25) is 5.76 Å². The second kappa shape index (κ2) is 9.46. The minimum Gasteiger partial charge on any atom is -0.484 e. The Morgan fingerprint density at radius 2 is 1.85 bits per heavy atom. The molecule has 4 rings (SSSR count). The average molecular weight is 450 g/mol. The second-order valence-corrected chi connectivity index (χ2v) is 8.17. The summed E-state index contributed by atoms with van der Waals surface area (Å²) in [5, 5.41) is 0.431. The quantitative estimate of drug-likeness (QED) is 0.502. The number of carbonyl (C=O) groups excluding carboxylic acids is 2. The smallest absolute Gasteiger partial charge is 0.290 e. The van der Waals surface area contributed by atoms with Gasteiger partial charge >= 0.3 is 0 Å². The number of nitrogens with zero attached hydrogens (tertiary/aromatic N) is 1. The van der Waals surface area contributed by atoms with Crippen LogP contribution in [0.15, 0.2) is 57.7 Å². The van der Waals surface area contributed by atoms with Crippen molar-refractivity contribution in [3.05, 3.63) is 75.6 Å². The average Bonchev–Trinajstić information content (AvgIpc) is 3.07. The van der Waals surface area contributed by atoms with Crippen LogP contribution in [0.4, 0.5) is 0 Å². The second-order valence-electron chi connectivity index (χ2n) is 8.17. The van der Waals surface area contributed by atoms with E-state index in [4.69, 9.17) is 19.6 Å². The third-order valence-corrected chi connectivity index (χ3v) is 5.44. The Morgan fingerprint density at radius 1 is 1.12 bits per heavy atom. The zero-order valence-corrected chi connectivity index (χ0v) is 18.6. The molecule has 1 atom stereocenters. The van der Waals surface area contributed by atoms with Crippen LogP contribution in [0.5, 0.6) is 5.75 Å². The highest BCUT2D eigenvalue weighted by atomic mass is 16.5. The van der Waals surface area contributed by atoms with Crippen molar-refractivity contribution in [2.75, 3.05) is 19.8 Å². The van der Waals surface area contributed by atoms with Gasteiger partial charge in [-0.05, 0) is 50.1 Å². The Kier molecular flexibility index (Phi) is 6.46. The maximum absolute atomic E-state index is 13.4. The molecule has 172 valence electrons. The molecule has 8 nitrogen and oxygen atoms in total. The molecule has 2 amide bonds. The summed E-state index contributed by atoms with van der Waals surface area (Å²) in [6.07, 6.45) is 0.704. The molecule has 1 aliphatic heterocycles. The van der Waals surface area contributed by atoms with Crippen LogP contribution in [0.25, 0.3) is 11.0 Å². The lowest BCUT2D eigenvalue weighted by Gasteiger charge is -2.25. The number of primary amides is 1. The number of ether oxygens (including phenoxy) is 2. The summed E-state index contributed by atoms with van der Waals surface area (Å²) in [5.41, 5.74) is 6.36. The molecule has 3 aromatic rings. The van der Waals surface area contributed by atoms with Gasteiger partial charge in [-0.2, -0.15) is 0 Å². The van der Waals surface area contributed by atoms with E-state index in [9.17, 15) is 14.4 Å². The van der Waals surface area contributed by atoms with E-state index in [1.807, 2.05) is 13.8 Å². The predicted octanol–water partition coefficient (Wildman–Crippen LogP) is 3.02. The first kappa shape index (κ1) is 22.5. The number of nitrogens with two attached hydrogens (primary N) is 1. The lowest BCUT2D eigenvalue weighted by molar-refractivity contribution is -0.119. The number of hydrogen-bond donors (Lipinski definition) is 1. The van der Waals surface area contributed by atoms with Gasteiger partial charge < -0.3 is 24.5 Å². The van der Waals surface area contributed by atoms with Crippen LogP contribution in [-0.2, 0) is 9.53 Å². The molecule has 0 saturated carbocycles. The fraction of sp³-hybridized carbons (Fsp3) is 0.320. The van der Waals surface area contributed by atoms with Crippen LogP contribution in [-0.4, -0.2) is 42.6 Å². The predicted molar refractivity (Wildman–Crippen MR) is 122 cm³/mol. The summed E-state index contributed by atoms with van der Waals surface area (Å²) in [6, 6.07) is 13.2. The summed E-state index contributed by atoms with van der Waals surface area (Å²) in [7, 11) is 0. The van der Waals surface area contributed by atoms with Gasteiger partial charge in [0.05, 0.1) is 23.1 Å². The molecule has 1 aliphatic rings. The normalized spacial score (nSPS) is 15.3. The van der Waals surface area contributed by atoms with Crippen LogP contribution >= 0.6 is 0 Å². The van der Waals surface area contributed by atoms with Gasteiger partial charge in [-0.15, -0.1) is 0 Å². The van der Waals surface area contributed by atoms with Crippen LogP contribution in [0.1, 0.15) is 48.0 Å². The molecule has 8 heteroatoms. The van der Waals surface area contributed by atoms with Crippen LogP contribution < -0.4 is 15.9 Å². The minimum absolute atomic E-state index is 0.0718. The van der Waals surface area contributed by atoms with Gasteiger partial charge in [0, 0.05) is 13.2 Å². The standard InChI is InChI=1S/C25H26N2O6/c1-15(2)31-13-5-12-27-22(16-8-10-17(11-9-16)32-14-20(26)28)21-23(29)18-6-3-4-7-19(18)33-24(21)25(27)30/h3-4,6-11,15,22H,5,12-14H2,1-2H3,(H2,26,28). The first-order chi connectivity index (χ1) is 15.9. The number of fused-ring (bicyclic) bond motifs is 2. The first-order valence-corrected chi connectivity index (χ1v) is 10.9. The number of para-hydroxylation sites is 1. The van der Waals surface area contributed by atoms with Crippen molar-refractivity contribution in [2.45, 2.75) is 32.4 Å². The molecule has 1 unspecified atom stereocenters. The Balaban J connectivity index is 1.72. The van der Waals surface area contributed by atoms with Crippen molar-refractivity contribution in [2.24, 2.45) is 5.73 Å². The number of carbonyl (C=O) groups is 2. The molecule has 1 aromatic heterocycles. The Morgan fingerprint density at radius 3 is 2.55 bits per heavy atom. The molecule has 0 bridgehead atoms. The first-order valence-electron chi connectivity index (χ1n) is 10.9. The third kappa shape index (κ3) is 4.61. The van der Waals surface area contributed by atoms with Crippen molar-refractivity contribution in [1.82, 2.24) is 4.90 Å². The molecule has 0 radical (unpaired) electrons. The van der Waals surface area contributed by atoms with Crippen LogP contribution in [0.3, 0.4) is 0 Å². The van der Waals surface area contributed by atoms with E-state index in [1.54, 1.807) is 53.4 Å². The van der Waals surface area contributed by atoms with Gasteiger partial charge in [0.1, 0.15) is 11.3 Å². The summed E-state index contributed by atoms with van der Waals surface area (Å²) >= 11 is 0. The Labute approximate surface area is 190 Å². The zero-order chi connectivity index (χ0) is 23.5. The fourth-order valence-electron chi connectivity index (χ4n) is 4.00. The number of benzene rings is 2. The summed E-state index contributed by atoms with van der Waals surface area (Å²) in [6.45, 7) is 4.57. The van der Waals surface area contributed by atoms with Crippen LogP contribution in [0, 0.1) is 0 Å². The van der Waals surface area contributed by atoms with Crippen molar-refractivity contribution >= 4 is 22.8 Å². The third-order valence-electron chi connectivity index (χ3n) is 5.44. The molecule has 2 N–H and O–H groups in total. The molecule has 0 saturated heterocycles. The summed E-state index contributed by atoms with van der Waals surface area (Å²) in [4.78, 5) is 39.4. The summed E-state index contributed by atoms with van der Waals surface area (Å²) in [5.74, 6) is -0.364. The van der Waals surface area contributed by atoms with Gasteiger partial charge in [0.25, 0.3) is 11.8 Å². The summed E-state index contributed by atoms with van der Waals surface area (Å²) < 4.78 is 16.9. The highest BCUT2D eigenvalue weighted by Crippen LogP contribution is 2.38. The monoisotopic (exact) mass is 450 g/mol. The zero-order valence-electron chi connectivity index (χ0n) is 18.6. The number of rotatable bonds is 9. The SMILES string of the molecule is CC(C)OCCCN1C(=O)c2oc3ccccc3c(=O)c2C1c1ccc(OCC(N)=O)cc1. The van der Waals surface area contributed by atoms with E-state index < -0.39 is 11.9 Å². The maximum atomic E-state index is 13.4. The topological polar surface area (TPSA) is 112 Å². The molecule has 0 spiro atoms. The Bertz CT molecular complexity index is 1230. The van der Waals surface area contributed by atoms with E-state index in [1.165, 1.54) is 0 Å². The van der Waals surface area contributed by atoms with Crippen molar-refractivity contribution < 1.29 is 23.5 Å². The van der Waals surface area contributed by atoms with Gasteiger partial charge in [-0.3, -0.25) is 14.4 Å². The van der Waals surface area contributed by atoms with E-state index >= 15 is 0 Å². The fourth-order valence-corrected chi connectivity index (χ4v) is 4.00. The Hall–Kier alpha value is -3.65. The van der Waals surface area contributed by atoms with E-state index in [2.05, 4.69) is 0 Å². The lowest BCUT2D eigenvalue weighted by atomic mass is 9.98. The minimum atomic E-state index is -0.599. The van der Waals surface area contributed by atoms with E-state index in [0.29, 0.717) is 41.9 Å². The van der Waals surface area contributed by atoms with Crippen LogP contribution in [0.2, 0.25) is 0 Å². The molecule has 2 heterocycles. The van der Waals surface area contributed by atoms with Crippen molar-refractivity contribution in [3.8, 4) is 5.75 Å². The number of amides is 2. The molecule has 2 aromatic carbocycles. The highest BCUT2D eigenvalue weighted by Gasteiger charge is 2.42. The molecule has 0 aliphatic carbocycles. The number of hydrogen-bond acceptors (Lipinski definition) is 6.